The molecule has 4 aliphatic carbocycles. The SMILES string of the molecule is c1ccc2c(c1)C1c3ccccc3C2C2c3c4ccccc4cc4cccc(c34)C12. The highest BCUT2D eigenvalue weighted by Crippen LogP contribution is 2.69. The summed E-state index contributed by atoms with van der Waals surface area (Å²) in [6, 6.07) is 36.9. The Morgan fingerprint density at radius 1 is 0.433 bits per heavy atom. The molecule has 0 spiro atoms. The van der Waals surface area contributed by atoms with Gasteiger partial charge in [-0.15, -0.1) is 0 Å². The second kappa shape index (κ2) is 5.21. The van der Waals surface area contributed by atoms with Crippen molar-refractivity contribution >= 4 is 21.5 Å². The molecule has 2 bridgehead atoms. The van der Waals surface area contributed by atoms with Gasteiger partial charge in [-0.1, -0.05) is 91.0 Å². The van der Waals surface area contributed by atoms with Gasteiger partial charge in [-0.2, -0.15) is 0 Å². The monoisotopic (exact) mass is 380 g/mol. The number of hydrogen-bond donors (Lipinski definition) is 0. The summed E-state index contributed by atoms with van der Waals surface area (Å²) >= 11 is 0. The molecule has 0 N–H and O–H groups in total. The average Bonchev–Trinajstić information content (AvgIpc) is 3.16. The second-order valence-corrected chi connectivity index (χ2v) is 9.22. The highest BCUT2D eigenvalue weighted by molar-refractivity contribution is 6.06. The minimum absolute atomic E-state index is 0.439. The fourth-order valence-electron chi connectivity index (χ4n) is 7.21. The molecule has 5 aromatic rings. The molecule has 0 heteroatoms. The van der Waals surface area contributed by atoms with E-state index in [0.717, 1.165) is 0 Å². The molecule has 2 unspecified atom stereocenters. The molecule has 140 valence electrons. The minimum atomic E-state index is 0.439. The van der Waals surface area contributed by atoms with Crippen LogP contribution in [0.4, 0.5) is 0 Å². The number of fused-ring (bicyclic) bond motifs is 2. The molecule has 0 heterocycles. The van der Waals surface area contributed by atoms with Crippen LogP contribution in [0.3, 0.4) is 0 Å². The lowest BCUT2D eigenvalue weighted by Crippen LogP contribution is -2.35. The standard InChI is InChI=1S/C30H20/c1-2-10-19-17(8-1)16-18-9-7-15-24-25(18)28(19)30-27-22-13-5-3-11-20(22)26(29(24)30)21-12-4-6-14-23(21)27/h1-16,26-27,29-30H. The molecule has 0 nitrogen and oxygen atoms in total. The summed E-state index contributed by atoms with van der Waals surface area (Å²) in [6.45, 7) is 0. The molecule has 5 aromatic carbocycles. The van der Waals surface area contributed by atoms with Gasteiger partial charge in [0.05, 0.1) is 0 Å². The highest BCUT2D eigenvalue weighted by Gasteiger charge is 2.54. The summed E-state index contributed by atoms with van der Waals surface area (Å²) in [7, 11) is 0. The van der Waals surface area contributed by atoms with Gasteiger partial charge in [0.2, 0.25) is 0 Å². The second-order valence-electron chi connectivity index (χ2n) is 9.22. The number of rotatable bonds is 0. The quantitative estimate of drug-likeness (QED) is 0.245. The number of hydrogen-bond acceptors (Lipinski definition) is 0. The van der Waals surface area contributed by atoms with E-state index in [9.17, 15) is 0 Å². The largest absolute Gasteiger partial charge is 0.0620 e. The van der Waals surface area contributed by atoms with Crippen LogP contribution >= 0.6 is 0 Å². The lowest BCUT2D eigenvalue weighted by molar-refractivity contribution is 0.403. The van der Waals surface area contributed by atoms with Crippen molar-refractivity contribution in [1.82, 2.24) is 0 Å². The first-order chi connectivity index (χ1) is 14.9. The van der Waals surface area contributed by atoms with Crippen molar-refractivity contribution in [2.45, 2.75) is 23.7 Å². The van der Waals surface area contributed by atoms with E-state index in [1.54, 1.807) is 33.4 Å². The van der Waals surface area contributed by atoms with E-state index >= 15 is 0 Å². The maximum atomic E-state index is 2.41. The first kappa shape index (κ1) is 15.5. The van der Waals surface area contributed by atoms with Crippen LogP contribution < -0.4 is 0 Å². The van der Waals surface area contributed by atoms with E-state index < -0.39 is 0 Å². The Morgan fingerprint density at radius 2 is 0.967 bits per heavy atom. The van der Waals surface area contributed by atoms with Crippen molar-refractivity contribution in [3.8, 4) is 0 Å². The minimum Gasteiger partial charge on any atom is -0.0620 e. The predicted octanol–water partition coefficient (Wildman–Crippen LogP) is 7.46. The van der Waals surface area contributed by atoms with Crippen LogP contribution in [0.1, 0.15) is 57.1 Å². The van der Waals surface area contributed by atoms with Crippen molar-refractivity contribution in [3.05, 3.63) is 130 Å². The Kier molecular flexibility index (Phi) is 2.68. The van der Waals surface area contributed by atoms with Gasteiger partial charge >= 0.3 is 0 Å². The summed E-state index contributed by atoms with van der Waals surface area (Å²) in [5.41, 5.74) is 9.38. The van der Waals surface area contributed by atoms with Gasteiger partial charge in [0.15, 0.2) is 0 Å². The van der Waals surface area contributed by atoms with E-state index in [4.69, 9.17) is 0 Å². The Labute approximate surface area is 175 Å². The van der Waals surface area contributed by atoms with Crippen molar-refractivity contribution in [2.75, 3.05) is 0 Å². The summed E-state index contributed by atoms with van der Waals surface area (Å²) in [6.07, 6.45) is 0. The summed E-state index contributed by atoms with van der Waals surface area (Å²) in [5.74, 6) is 1.94. The lowest BCUT2D eigenvalue weighted by Gasteiger charge is -2.49. The normalized spacial score (nSPS) is 24.7. The Hall–Kier alpha value is -3.38. The third-order valence-corrected chi connectivity index (χ3v) is 8.09. The fourth-order valence-corrected chi connectivity index (χ4v) is 7.21. The Bertz CT molecular complexity index is 1470. The van der Waals surface area contributed by atoms with E-state index in [1.807, 2.05) is 0 Å². The zero-order chi connectivity index (χ0) is 19.4. The molecule has 0 saturated carbocycles. The summed E-state index contributed by atoms with van der Waals surface area (Å²) in [5, 5.41) is 5.76. The molecular formula is C30H20. The molecule has 30 heavy (non-hydrogen) atoms. The number of benzene rings is 5. The average molecular weight is 380 g/mol. The molecule has 4 aliphatic rings. The van der Waals surface area contributed by atoms with Crippen molar-refractivity contribution in [2.24, 2.45) is 0 Å². The van der Waals surface area contributed by atoms with E-state index in [1.165, 1.54) is 21.5 Å². The maximum Gasteiger partial charge on any atom is 0.0171 e. The first-order valence-electron chi connectivity index (χ1n) is 11.0. The molecule has 0 aliphatic heterocycles. The van der Waals surface area contributed by atoms with Crippen molar-refractivity contribution in [1.29, 1.82) is 0 Å². The van der Waals surface area contributed by atoms with Crippen LogP contribution in [-0.4, -0.2) is 0 Å². The van der Waals surface area contributed by atoms with Gasteiger partial charge in [0.1, 0.15) is 0 Å². The zero-order valence-corrected chi connectivity index (χ0v) is 16.5. The van der Waals surface area contributed by atoms with Gasteiger partial charge < -0.3 is 0 Å². The third-order valence-electron chi connectivity index (χ3n) is 8.09. The lowest BCUT2D eigenvalue weighted by atomic mass is 9.53. The van der Waals surface area contributed by atoms with E-state index in [2.05, 4.69) is 97.1 Å². The van der Waals surface area contributed by atoms with Gasteiger partial charge in [0, 0.05) is 23.7 Å². The smallest absolute Gasteiger partial charge is 0.0171 e. The highest BCUT2D eigenvalue weighted by atomic mass is 14.6. The summed E-state index contributed by atoms with van der Waals surface area (Å²) in [4.78, 5) is 0. The molecule has 2 atom stereocenters. The third kappa shape index (κ3) is 1.64. The summed E-state index contributed by atoms with van der Waals surface area (Å²) < 4.78 is 0. The van der Waals surface area contributed by atoms with Crippen LogP contribution in [0.15, 0.2) is 97.1 Å². The first-order valence-corrected chi connectivity index (χ1v) is 11.0. The fraction of sp³-hybridized carbons (Fsp3) is 0.133. The van der Waals surface area contributed by atoms with Gasteiger partial charge in [0.25, 0.3) is 0 Å². The molecule has 0 radical (unpaired) electrons. The molecule has 0 aromatic heterocycles. The molecule has 9 rings (SSSR count). The molecule has 0 fully saturated rings. The predicted molar refractivity (Wildman–Crippen MR) is 124 cm³/mol. The van der Waals surface area contributed by atoms with Gasteiger partial charge in [-0.05, 0) is 61.0 Å². The molecular weight excluding hydrogens is 360 g/mol. The topological polar surface area (TPSA) is 0 Å². The van der Waals surface area contributed by atoms with Crippen LogP contribution in [0.5, 0.6) is 0 Å². The molecule has 0 saturated heterocycles. The van der Waals surface area contributed by atoms with Crippen molar-refractivity contribution < 1.29 is 0 Å². The van der Waals surface area contributed by atoms with Crippen molar-refractivity contribution in [3.63, 3.8) is 0 Å². The zero-order valence-electron chi connectivity index (χ0n) is 16.5. The van der Waals surface area contributed by atoms with Crippen LogP contribution in [0, 0.1) is 0 Å². The Balaban J connectivity index is 1.57. The molecule has 0 amide bonds. The van der Waals surface area contributed by atoms with E-state index in [0.29, 0.717) is 23.7 Å². The Morgan fingerprint density at radius 3 is 1.67 bits per heavy atom. The van der Waals surface area contributed by atoms with Crippen LogP contribution in [-0.2, 0) is 0 Å². The van der Waals surface area contributed by atoms with Gasteiger partial charge in [-0.3, -0.25) is 0 Å². The van der Waals surface area contributed by atoms with Gasteiger partial charge in [-0.25, -0.2) is 0 Å². The van der Waals surface area contributed by atoms with Crippen LogP contribution in [0.25, 0.3) is 21.5 Å². The van der Waals surface area contributed by atoms with Crippen LogP contribution in [0.2, 0.25) is 0 Å². The maximum absolute atomic E-state index is 2.41. The van der Waals surface area contributed by atoms with E-state index in [-0.39, 0.29) is 0 Å².